The summed E-state index contributed by atoms with van der Waals surface area (Å²) in [6.45, 7) is 7.39. The average molecular weight is 378 g/mol. The molecule has 6 nitrogen and oxygen atoms in total. The fourth-order valence-electron chi connectivity index (χ4n) is 3.07. The molecule has 2 rings (SSSR count). The zero-order chi connectivity index (χ0) is 19.3. The number of carbonyl (C=O) groups is 3. The van der Waals surface area contributed by atoms with Crippen molar-refractivity contribution in [1.82, 2.24) is 9.80 Å². The maximum Gasteiger partial charge on any atom is 0.338 e. The number of ether oxygens (including phenoxy) is 1. The van der Waals surface area contributed by atoms with Crippen molar-refractivity contribution < 1.29 is 19.1 Å². The fraction of sp³-hybridized carbons (Fsp3) is 0.526. The molecule has 1 heterocycles. The molecule has 1 unspecified atom stereocenters. The van der Waals surface area contributed by atoms with Crippen LogP contribution in [0.1, 0.15) is 40.1 Å². The number of nitrogens with zero attached hydrogens (tertiary/aromatic N) is 2. The van der Waals surface area contributed by atoms with Crippen molar-refractivity contribution in [3.63, 3.8) is 0 Å². The van der Waals surface area contributed by atoms with Crippen LogP contribution in [0.5, 0.6) is 0 Å². The Kier molecular flexibility index (Phi) is 7.08. The Labute approximate surface area is 158 Å². The van der Waals surface area contributed by atoms with E-state index in [2.05, 4.69) is 0 Å². The van der Waals surface area contributed by atoms with Gasteiger partial charge in [0.05, 0.1) is 18.4 Å². The Morgan fingerprint density at radius 1 is 1.27 bits per heavy atom. The lowest BCUT2D eigenvalue weighted by Crippen LogP contribution is -2.55. The van der Waals surface area contributed by atoms with Gasteiger partial charge in [-0.25, -0.2) is 4.79 Å². The second-order valence-corrected chi connectivity index (χ2v) is 7.62. The molecule has 0 aromatic heterocycles. The molecule has 1 atom stereocenters. The zero-order valence-corrected chi connectivity index (χ0v) is 16.6. The smallest absolute Gasteiger partial charge is 0.338 e. The van der Waals surface area contributed by atoms with Crippen molar-refractivity contribution >= 4 is 29.5 Å². The predicted molar refractivity (Wildman–Crippen MR) is 103 cm³/mol. The van der Waals surface area contributed by atoms with Crippen molar-refractivity contribution in [2.45, 2.75) is 26.8 Å². The van der Waals surface area contributed by atoms with E-state index in [-0.39, 0.29) is 17.9 Å². The summed E-state index contributed by atoms with van der Waals surface area (Å²) in [7, 11) is 1.34. The second kappa shape index (κ2) is 9.07. The van der Waals surface area contributed by atoms with Crippen LogP contribution in [0.15, 0.2) is 18.2 Å². The van der Waals surface area contributed by atoms with Crippen LogP contribution in [0.3, 0.4) is 0 Å². The zero-order valence-electron chi connectivity index (χ0n) is 15.8. The first-order valence-electron chi connectivity index (χ1n) is 8.74. The highest BCUT2D eigenvalue weighted by molar-refractivity contribution is 7.99. The second-order valence-electron chi connectivity index (χ2n) is 6.35. The number of esters is 1. The van der Waals surface area contributed by atoms with Gasteiger partial charge in [0.25, 0.3) is 5.91 Å². The Morgan fingerprint density at radius 3 is 2.58 bits per heavy atom. The van der Waals surface area contributed by atoms with Crippen LogP contribution < -0.4 is 0 Å². The van der Waals surface area contributed by atoms with Gasteiger partial charge in [-0.2, -0.15) is 11.8 Å². The number of benzene rings is 1. The highest BCUT2D eigenvalue weighted by atomic mass is 32.2. The molecule has 2 amide bonds. The number of piperazine rings is 1. The van der Waals surface area contributed by atoms with E-state index in [0.717, 1.165) is 5.75 Å². The van der Waals surface area contributed by atoms with E-state index in [4.69, 9.17) is 4.74 Å². The van der Waals surface area contributed by atoms with Crippen LogP contribution in [0.2, 0.25) is 0 Å². The Bertz CT molecular complexity index is 692. The van der Waals surface area contributed by atoms with Gasteiger partial charge < -0.3 is 14.5 Å². The van der Waals surface area contributed by atoms with Gasteiger partial charge in [0.15, 0.2) is 0 Å². The maximum atomic E-state index is 12.9. The average Bonchev–Trinajstić information content (AvgIpc) is 2.64. The number of amides is 2. The molecular formula is C19H26N2O4S. The van der Waals surface area contributed by atoms with Crippen LogP contribution >= 0.6 is 11.8 Å². The summed E-state index contributed by atoms with van der Waals surface area (Å²) in [6.07, 6.45) is 0. The third-order valence-electron chi connectivity index (χ3n) is 4.55. The summed E-state index contributed by atoms with van der Waals surface area (Å²) in [4.78, 5) is 40.4. The monoisotopic (exact) mass is 378 g/mol. The standard InChI is InChI=1S/C19H26N2O4S/c1-5-26-12-17(22)20-8-9-21(14(3)11-20)18(23)15-6-7-16(13(2)10-15)19(24)25-4/h6-7,10,14H,5,8-9,11-12H2,1-4H3. The predicted octanol–water partition coefficient (Wildman–Crippen LogP) is 2.21. The van der Waals surface area contributed by atoms with Crippen molar-refractivity contribution in [3.05, 3.63) is 34.9 Å². The molecule has 1 aliphatic heterocycles. The topological polar surface area (TPSA) is 66.9 Å². The molecular weight excluding hydrogens is 352 g/mol. The van der Waals surface area contributed by atoms with E-state index < -0.39 is 5.97 Å². The molecule has 1 aromatic rings. The molecule has 1 saturated heterocycles. The van der Waals surface area contributed by atoms with Gasteiger partial charge >= 0.3 is 5.97 Å². The number of carbonyl (C=O) groups excluding carboxylic acids is 3. The minimum atomic E-state index is -0.410. The van der Waals surface area contributed by atoms with Gasteiger partial charge in [-0.05, 0) is 43.4 Å². The highest BCUT2D eigenvalue weighted by Gasteiger charge is 2.30. The number of aryl methyl sites for hydroxylation is 1. The highest BCUT2D eigenvalue weighted by Crippen LogP contribution is 2.18. The van der Waals surface area contributed by atoms with E-state index >= 15 is 0 Å². The first-order valence-corrected chi connectivity index (χ1v) is 9.90. The third kappa shape index (κ3) is 4.58. The van der Waals surface area contributed by atoms with Gasteiger partial charge in [-0.1, -0.05) is 6.92 Å². The molecule has 1 fully saturated rings. The lowest BCUT2D eigenvalue weighted by atomic mass is 10.0. The molecule has 0 radical (unpaired) electrons. The van der Waals surface area contributed by atoms with Crippen LogP contribution in [0, 0.1) is 6.92 Å². The number of hydrogen-bond acceptors (Lipinski definition) is 5. The maximum absolute atomic E-state index is 12.9. The van der Waals surface area contributed by atoms with Gasteiger partial charge in [0, 0.05) is 31.2 Å². The van der Waals surface area contributed by atoms with Crippen molar-refractivity contribution in [1.29, 1.82) is 0 Å². The molecule has 1 aromatic carbocycles. The van der Waals surface area contributed by atoms with Crippen LogP contribution in [0.25, 0.3) is 0 Å². The van der Waals surface area contributed by atoms with Crippen LogP contribution in [0.4, 0.5) is 0 Å². The summed E-state index contributed by atoms with van der Waals surface area (Å²) in [6, 6.07) is 4.95. The number of hydrogen-bond donors (Lipinski definition) is 0. The Balaban J connectivity index is 2.05. The lowest BCUT2D eigenvalue weighted by molar-refractivity contribution is -0.130. The van der Waals surface area contributed by atoms with Crippen molar-refractivity contribution in [2.24, 2.45) is 0 Å². The summed E-state index contributed by atoms with van der Waals surface area (Å²) in [5, 5.41) is 0. The molecule has 0 N–H and O–H groups in total. The quantitative estimate of drug-likeness (QED) is 0.735. The van der Waals surface area contributed by atoms with Gasteiger partial charge in [0.1, 0.15) is 0 Å². The first kappa shape index (κ1) is 20.3. The van der Waals surface area contributed by atoms with E-state index in [9.17, 15) is 14.4 Å². The van der Waals surface area contributed by atoms with Gasteiger partial charge in [-0.3, -0.25) is 9.59 Å². The largest absolute Gasteiger partial charge is 0.465 e. The number of thioether (sulfide) groups is 1. The summed E-state index contributed by atoms with van der Waals surface area (Å²) >= 11 is 1.61. The van der Waals surface area contributed by atoms with Crippen LogP contribution in [-0.4, -0.2) is 71.9 Å². The normalized spacial score (nSPS) is 17.2. The Hall–Kier alpha value is -2.02. The molecule has 1 aliphatic rings. The third-order valence-corrected chi connectivity index (χ3v) is 5.41. The van der Waals surface area contributed by atoms with E-state index in [1.54, 1.807) is 41.8 Å². The summed E-state index contributed by atoms with van der Waals surface area (Å²) in [5.41, 5.74) is 1.71. The Morgan fingerprint density at radius 2 is 2.00 bits per heavy atom. The molecule has 0 bridgehead atoms. The minimum Gasteiger partial charge on any atom is -0.465 e. The molecule has 0 spiro atoms. The van der Waals surface area contributed by atoms with E-state index in [1.165, 1.54) is 7.11 Å². The SMILES string of the molecule is CCSCC(=O)N1CCN(C(=O)c2ccc(C(=O)OC)c(C)c2)C(C)C1. The summed E-state index contributed by atoms with van der Waals surface area (Å²) < 4.78 is 4.74. The van der Waals surface area contributed by atoms with E-state index in [0.29, 0.717) is 42.1 Å². The van der Waals surface area contributed by atoms with Crippen molar-refractivity contribution in [2.75, 3.05) is 38.2 Å². The molecule has 26 heavy (non-hydrogen) atoms. The van der Waals surface area contributed by atoms with Gasteiger partial charge in [-0.15, -0.1) is 0 Å². The lowest BCUT2D eigenvalue weighted by Gasteiger charge is -2.40. The van der Waals surface area contributed by atoms with Crippen molar-refractivity contribution in [3.8, 4) is 0 Å². The number of methoxy groups -OCH3 is 1. The van der Waals surface area contributed by atoms with Crippen LogP contribution in [-0.2, 0) is 9.53 Å². The van der Waals surface area contributed by atoms with Gasteiger partial charge in [0.2, 0.25) is 5.91 Å². The molecule has 0 saturated carbocycles. The number of rotatable bonds is 5. The van der Waals surface area contributed by atoms with E-state index in [1.807, 2.05) is 18.7 Å². The minimum absolute atomic E-state index is 0.0487. The summed E-state index contributed by atoms with van der Waals surface area (Å²) in [5.74, 6) is 1.06. The molecule has 0 aliphatic carbocycles. The molecule has 142 valence electrons. The fourth-order valence-corrected chi connectivity index (χ4v) is 3.63. The molecule has 7 heteroatoms. The first-order chi connectivity index (χ1) is 12.4.